The molecule has 8 nitrogen and oxygen atoms in total. The van der Waals surface area contributed by atoms with Crippen LogP contribution in [0.15, 0.2) is 47.4 Å². The average Bonchev–Trinajstić information content (AvgIpc) is 3.13. The van der Waals surface area contributed by atoms with Gasteiger partial charge in [0.05, 0.1) is 10.5 Å². The second-order valence-corrected chi connectivity index (χ2v) is 8.27. The number of hydrogen-bond donors (Lipinski definition) is 1. The van der Waals surface area contributed by atoms with E-state index in [4.69, 9.17) is 14.2 Å². The minimum absolute atomic E-state index is 0.0959. The summed E-state index contributed by atoms with van der Waals surface area (Å²) in [5.41, 5.74) is 0.968. The number of hydrogen-bond acceptors (Lipinski definition) is 7. The van der Waals surface area contributed by atoms with E-state index < -0.39 is 27.8 Å². The minimum atomic E-state index is -3.35. The van der Waals surface area contributed by atoms with E-state index in [1.807, 2.05) is 0 Å². The van der Waals surface area contributed by atoms with Crippen molar-refractivity contribution < 1.29 is 32.2 Å². The summed E-state index contributed by atoms with van der Waals surface area (Å²) in [5, 5.41) is 2.68. The van der Waals surface area contributed by atoms with Crippen LogP contribution in [0.5, 0.6) is 11.5 Å². The summed E-state index contributed by atoms with van der Waals surface area (Å²) in [6, 6.07) is 10.6. The summed E-state index contributed by atoms with van der Waals surface area (Å²) in [6.07, 6.45) is 0.0588. The van der Waals surface area contributed by atoms with Gasteiger partial charge in [-0.25, -0.2) is 13.2 Å². The zero-order valence-corrected chi connectivity index (χ0v) is 16.1. The van der Waals surface area contributed by atoms with Crippen LogP contribution in [0.4, 0.5) is 0 Å². The molecule has 9 heteroatoms. The van der Waals surface area contributed by atoms with Crippen molar-refractivity contribution in [1.82, 2.24) is 5.32 Å². The third-order valence-electron chi connectivity index (χ3n) is 4.07. The van der Waals surface area contributed by atoms with Gasteiger partial charge < -0.3 is 19.5 Å². The third kappa shape index (κ3) is 4.61. The molecule has 0 aromatic heterocycles. The number of benzene rings is 2. The molecule has 3 rings (SSSR count). The number of fused-ring (bicyclic) bond motifs is 1. The fraction of sp³-hybridized carbons (Fsp3) is 0.263. The van der Waals surface area contributed by atoms with Crippen LogP contribution in [0.3, 0.4) is 0 Å². The molecule has 0 bridgehead atoms. The molecule has 1 aliphatic rings. The number of nitrogens with one attached hydrogen (secondary N) is 1. The monoisotopic (exact) mass is 405 g/mol. The highest BCUT2D eigenvalue weighted by atomic mass is 32.2. The van der Waals surface area contributed by atoms with Crippen LogP contribution in [0.2, 0.25) is 0 Å². The Bertz CT molecular complexity index is 999. The van der Waals surface area contributed by atoms with Crippen molar-refractivity contribution in [2.75, 3.05) is 13.0 Å². The lowest BCUT2D eigenvalue weighted by molar-refractivity contribution is -0.129. The predicted molar refractivity (Wildman–Crippen MR) is 98.8 cm³/mol. The second kappa shape index (κ2) is 7.89. The van der Waals surface area contributed by atoms with Gasteiger partial charge in [-0.15, -0.1) is 0 Å². The van der Waals surface area contributed by atoms with E-state index >= 15 is 0 Å². The Kier molecular flexibility index (Phi) is 5.55. The van der Waals surface area contributed by atoms with Crippen molar-refractivity contribution in [3.05, 3.63) is 53.6 Å². The topological polar surface area (TPSA) is 108 Å². The Balaban J connectivity index is 1.54. The normalized spacial score (nSPS) is 13.6. The van der Waals surface area contributed by atoms with E-state index in [2.05, 4.69) is 5.32 Å². The van der Waals surface area contributed by atoms with E-state index in [0.29, 0.717) is 11.5 Å². The smallest absolute Gasteiger partial charge is 0.338 e. The number of carbonyl (C=O) groups excluding carboxylic acids is 2. The van der Waals surface area contributed by atoms with Crippen LogP contribution in [0, 0.1) is 0 Å². The van der Waals surface area contributed by atoms with Crippen LogP contribution in [-0.2, 0) is 25.9 Å². The minimum Gasteiger partial charge on any atom is -0.454 e. The summed E-state index contributed by atoms with van der Waals surface area (Å²) in [4.78, 5) is 24.4. The Hall–Kier alpha value is -3.07. The van der Waals surface area contributed by atoms with E-state index in [-0.39, 0.29) is 23.8 Å². The van der Waals surface area contributed by atoms with Crippen LogP contribution in [0.1, 0.15) is 22.8 Å². The Morgan fingerprint density at radius 1 is 1.11 bits per heavy atom. The second-order valence-electron chi connectivity index (χ2n) is 6.25. The molecule has 1 N–H and O–H groups in total. The summed E-state index contributed by atoms with van der Waals surface area (Å²) < 4.78 is 38.5. The molecule has 148 valence electrons. The Labute approximate surface area is 162 Å². The lowest BCUT2D eigenvalue weighted by Gasteiger charge is -2.14. The fourth-order valence-electron chi connectivity index (χ4n) is 2.50. The largest absolute Gasteiger partial charge is 0.454 e. The van der Waals surface area contributed by atoms with Gasteiger partial charge in [0, 0.05) is 12.8 Å². The fourth-order valence-corrected chi connectivity index (χ4v) is 3.13. The van der Waals surface area contributed by atoms with Crippen LogP contribution in [-0.4, -0.2) is 39.4 Å². The molecule has 1 heterocycles. The van der Waals surface area contributed by atoms with Gasteiger partial charge in [-0.2, -0.15) is 0 Å². The SMILES string of the molecule is CC(OC(=O)c1ccc(S(C)(=O)=O)cc1)C(=O)NCc1ccc2c(c1)OCO2. The zero-order chi connectivity index (χ0) is 20.3. The number of sulfone groups is 1. The molecule has 1 amide bonds. The molecule has 1 aliphatic heterocycles. The molecule has 1 unspecified atom stereocenters. The zero-order valence-electron chi connectivity index (χ0n) is 15.3. The summed E-state index contributed by atoms with van der Waals surface area (Å²) in [6.45, 7) is 1.86. The number of ether oxygens (including phenoxy) is 3. The molecule has 0 radical (unpaired) electrons. The first-order valence-corrected chi connectivity index (χ1v) is 10.3. The molecule has 0 aliphatic carbocycles. The maximum Gasteiger partial charge on any atom is 0.338 e. The van der Waals surface area contributed by atoms with E-state index in [9.17, 15) is 18.0 Å². The van der Waals surface area contributed by atoms with Gasteiger partial charge in [0.2, 0.25) is 6.79 Å². The van der Waals surface area contributed by atoms with Gasteiger partial charge in [0.15, 0.2) is 27.4 Å². The number of carbonyl (C=O) groups is 2. The van der Waals surface area contributed by atoms with Crippen molar-refractivity contribution >= 4 is 21.7 Å². The van der Waals surface area contributed by atoms with Gasteiger partial charge in [0.25, 0.3) is 5.91 Å². The molecule has 28 heavy (non-hydrogen) atoms. The first-order valence-electron chi connectivity index (χ1n) is 8.41. The van der Waals surface area contributed by atoms with Crippen molar-refractivity contribution in [1.29, 1.82) is 0 Å². The number of rotatable bonds is 6. The Morgan fingerprint density at radius 3 is 2.46 bits per heavy atom. The van der Waals surface area contributed by atoms with Crippen molar-refractivity contribution in [3.63, 3.8) is 0 Å². The van der Waals surface area contributed by atoms with Crippen molar-refractivity contribution in [2.45, 2.75) is 24.5 Å². The van der Waals surface area contributed by atoms with Crippen LogP contribution >= 0.6 is 0 Å². The van der Waals surface area contributed by atoms with E-state index in [0.717, 1.165) is 11.8 Å². The van der Waals surface area contributed by atoms with Crippen molar-refractivity contribution in [2.24, 2.45) is 0 Å². The van der Waals surface area contributed by atoms with Gasteiger partial charge in [-0.05, 0) is 48.9 Å². The highest BCUT2D eigenvalue weighted by Crippen LogP contribution is 2.32. The van der Waals surface area contributed by atoms with Gasteiger partial charge in [0.1, 0.15) is 0 Å². The molecule has 1 atom stereocenters. The lowest BCUT2D eigenvalue weighted by atomic mass is 10.2. The summed E-state index contributed by atoms with van der Waals surface area (Å²) >= 11 is 0. The number of esters is 1. The van der Waals surface area contributed by atoms with Gasteiger partial charge >= 0.3 is 5.97 Å². The highest BCUT2D eigenvalue weighted by Gasteiger charge is 2.20. The maximum absolute atomic E-state index is 12.2. The van der Waals surface area contributed by atoms with Crippen molar-refractivity contribution in [3.8, 4) is 11.5 Å². The summed E-state index contributed by atoms with van der Waals surface area (Å²) in [7, 11) is -3.35. The molecule has 2 aromatic carbocycles. The molecule has 0 saturated heterocycles. The molecule has 2 aromatic rings. The molecule has 0 spiro atoms. The van der Waals surface area contributed by atoms with Crippen LogP contribution in [0.25, 0.3) is 0 Å². The number of amides is 1. The molecular weight excluding hydrogens is 386 g/mol. The molecular formula is C19H19NO7S. The van der Waals surface area contributed by atoms with Gasteiger partial charge in [-0.1, -0.05) is 6.07 Å². The van der Waals surface area contributed by atoms with E-state index in [1.165, 1.54) is 31.2 Å². The molecule has 0 fully saturated rings. The first-order chi connectivity index (χ1) is 13.2. The van der Waals surface area contributed by atoms with E-state index in [1.54, 1.807) is 18.2 Å². The predicted octanol–water partition coefficient (Wildman–Crippen LogP) is 1.68. The summed E-state index contributed by atoms with van der Waals surface area (Å²) in [5.74, 6) is 0.0904. The van der Waals surface area contributed by atoms with Crippen LogP contribution < -0.4 is 14.8 Å². The lowest BCUT2D eigenvalue weighted by Crippen LogP contribution is -2.35. The third-order valence-corrected chi connectivity index (χ3v) is 5.20. The first kappa shape index (κ1) is 19.7. The maximum atomic E-state index is 12.2. The quantitative estimate of drug-likeness (QED) is 0.729. The highest BCUT2D eigenvalue weighted by molar-refractivity contribution is 7.90. The molecule has 0 saturated carbocycles. The average molecular weight is 405 g/mol. The Morgan fingerprint density at radius 2 is 1.79 bits per heavy atom. The standard InChI is InChI=1S/C19H19NO7S/c1-12(27-19(22)14-4-6-15(7-5-14)28(2,23)24)18(21)20-10-13-3-8-16-17(9-13)26-11-25-16/h3-9,12H,10-11H2,1-2H3,(H,20,21). The van der Waals surface area contributed by atoms with Gasteiger partial charge in [-0.3, -0.25) is 4.79 Å².